The molecule has 0 aromatic carbocycles. The van der Waals surface area contributed by atoms with Crippen LogP contribution < -0.4 is 5.32 Å². The van der Waals surface area contributed by atoms with E-state index in [1.807, 2.05) is 13.8 Å². The van der Waals surface area contributed by atoms with Crippen LogP contribution in [-0.2, 0) is 4.79 Å². The lowest BCUT2D eigenvalue weighted by Gasteiger charge is -2.23. The highest BCUT2D eigenvalue weighted by molar-refractivity contribution is 6.18. The van der Waals surface area contributed by atoms with E-state index in [0.29, 0.717) is 25.3 Å². The number of hydrogen-bond acceptors (Lipinski definition) is 2. The fourth-order valence-electron chi connectivity index (χ4n) is 0.903. The van der Waals surface area contributed by atoms with E-state index in [4.69, 9.17) is 16.7 Å². The predicted molar refractivity (Wildman–Crippen MR) is 53.8 cm³/mol. The summed E-state index contributed by atoms with van der Waals surface area (Å²) in [5.74, 6) is 0.327. The minimum atomic E-state index is -0.0449. The van der Waals surface area contributed by atoms with Gasteiger partial charge in [-0.3, -0.25) is 4.79 Å². The molecule has 0 heterocycles. The van der Waals surface area contributed by atoms with Crippen molar-refractivity contribution < 1.29 is 9.90 Å². The van der Waals surface area contributed by atoms with Crippen molar-refractivity contribution >= 4 is 17.5 Å². The van der Waals surface area contributed by atoms with Crippen LogP contribution in [0.4, 0.5) is 0 Å². The molecule has 1 amide bonds. The van der Waals surface area contributed by atoms with Gasteiger partial charge in [-0.15, -0.1) is 11.6 Å². The van der Waals surface area contributed by atoms with E-state index in [1.54, 1.807) is 0 Å². The summed E-state index contributed by atoms with van der Waals surface area (Å²) in [7, 11) is 0. The van der Waals surface area contributed by atoms with Crippen LogP contribution in [-0.4, -0.2) is 30.0 Å². The Morgan fingerprint density at radius 2 is 2.15 bits per heavy atom. The predicted octanol–water partition coefficient (Wildman–Crippen LogP) is 1.14. The highest BCUT2D eigenvalue weighted by Gasteiger charge is 2.17. The van der Waals surface area contributed by atoms with Gasteiger partial charge in [0.25, 0.3) is 0 Å². The van der Waals surface area contributed by atoms with Crippen molar-refractivity contribution in [3.63, 3.8) is 0 Å². The molecule has 0 radical (unpaired) electrons. The molecular formula is C9H18ClNO2. The summed E-state index contributed by atoms with van der Waals surface area (Å²) in [5, 5.41) is 11.5. The number of aliphatic hydroxyl groups excluding tert-OH is 1. The maximum absolute atomic E-state index is 11.0. The Hall–Kier alpha value is -0.280. The standard InChI is InChI=1S/C9H18ClNO2/c1-9(2,4-6-12)7-11-8(13)3-5-10/h12H,3-7H2,1-2H3,(H,11,13). The molecule has 0 spiro atoms. The summed E-state index contributed by atoms with van der Waals surface area (Å²) >= 11 is 5.41. The zero-order valence-electron chi connectivity index (χ0n) is 8.27. The number of alkyl halides is 1. The van der Waals surface area contributed by atoms with Gasteiger partial charge in [-0.25, -0.2) is 0 Å². The molecule has 0 saturated carbocycles. The van der Waals surface area contributed by atoms with Gasteiger partial charge in [-0.2, -0.15) is 0 Å². The minimum Gasteiger partial charge on any atom is -0.396 e. The molecule has 0 fully saturated rings. The maximum Gasteiger partial charge on any atom is 0.221 e. The Morgan fingerprint density at radius 1 is 1.54 bits per heavy atom. The largest absolute Gasteiger partial charge is 0.396 e. The van der Waals surface area contributed by atoms with Gasteiger partial charge < -0.3 is 10.4 Å². The molecule has 2 N–H and O–H groups in total. The van der Waals surface area contributed by atoms with Crippen LogP contribution in [0.5, 0.6) is 0 Å². The summed E-state index contributed by atoms with van der Waals surface area (Å²) in [6, 6.07) is 0. The molecule has 0 unspecified atom stereocenters. The molecule has 0 aliphatic heterocycles. The summed E-state index contributed by atoms with van der Waals surface area (Å²) in [5.41, 5.74) is -0.0449. The fourth-order valence-corrected chi connectivity index (χ4v) is 1.07. The molecule has 78 valence electrons. The van der Waals surface area contributed by atoms with Crippen molar-refractivity contribution in [3.05, 3.63) is 0 Å². The second-order valence-electron chi connectivity index (χ2n) is 3.85. The van der Waals surface area contributed by atoms with Crippen molar-refractivity contribution in [1.82, 2.24) is 5.32 Å². The lowest BCUT2D eigenvalue weighted by molar-refractivity contribution is -0.121. The van der Waals surface area contributed by atoms with E-state index in [2.05, 4.69) is 5.32 Å². The highest BCUT2D eigenvalue weighted by Crippen LogP contribution is 2.17. The third-order valence-corrected chi connectivity index (χ3v) is 2.06. The smallest absolute Gasteiger partial charge is 0.221 e. The number of hydrogen-bond donors (Lipinski definition) is 2. The van der Waals surface area contributed by atoms with Gasteiger partial charge in [0.05, 0.1) is 0 Å². The quantitative estimate of drug-likeness (QED) is 0.642. The lowest BCUT2D eigenvalue weighted by Crippen LogP contribution is -2.34. The second kappa shape index (κ2) is 6.22. The zero-order valence-corrected chi connectivity index (χ0v) is 9.02. The first-order valence-corrected chi connectivity index (χ1v) is 4.99. The number of amides is 1. The van der Waals surface area contributed by atoms with Crippen LogP contribution in [0.1, 0.15) is 26.7 Å². The first-order valence-electron chi connectivity index (χ1n) is 4.45. The molecule has 0 saturated heterocycles. The van der Waals surface area contributed by atoms with Crippen LogP contribution in [0.15, 0.2) is 0 Å². The van der Waals surface area contributed by atoms with Crippen molar-refractivity contribution in [2.75, 3.05) is 19.0 Å². The van der Waals surface area contributed by atoms with Crippen LogP contribution in [0.25, 0.3) is 0 Å². The minimum absolute atomic E-state index is 0.0268. The number of carbonyl (C=O) groups excluding carboxylic acids is 1. The zero-order chi connectivity index (χ0) is 10.3. The van der Waals surface area contributed by atoms with Gasteiger partial charge in [-0.1, -0.05) is 13.8 Å². The topological polar surface area (TPSA) is 49.3 Å². The molecule has 0 aliphatic rings. The highest BCUT2D eigenvalue weighted by atomic mass is 35.5. The Kier molecular flexibility index (Phi) is 6.08. The Bertz CT molecular complexity index is 160. The molecule has 13 heavy (non-hydrogen) atoms. The number of halogens is 1. The van der Waals surface area contributed by atoms with Crippen LogP contribution >= 0.6 is 11.6 Å². The van der Waals surface area contributed by atoms with Crippen molar-refractivity contribution in [1.29, 1.82) is 0 Å². The van der Waals surface area contributed by atoms with Gasteiger partial charge in [0, 0.05) is 25.5 Å². The Labute approximate surface area is 84.5 Å². The summed E-state index contributed by atoms with van der Waals surface area (Å²) in [6.45, 7) is 4.75. The third-order valence-electron chi connectivity index (χ3n) is 1.87. The van der Waals surface area contributed by atoms with Gasteiger partial charge >= 0.3 is 0 Å². The van der Waals surface area contributed by atoms with Gasteiger partial charge in [0.1, 0.15) is 0 Å². The Morgan fingerprint density at radius 3 is 2.62 bits per heavy atom. The number of nitrogens with one attached hydrogen (secondary N) is 1. The van der Waals surface area contributed by atoms with E-state index in [1.165, 1.54) is 0 Å². The second-order valence-corrected chi connectivity index (χ2v) is 4.23. The van der Waals surface area contributed by atoms with Crippen molar-refractivity contribution in [2.24, 2.45) is 5.41 Å². The van der Waals surface area contributed by atoms with Gasteiger partial charge in [0.2, 0.25) is 5.91 Å². The average molecular weight is 208 g/mol. The number of carbonyl (C=O) groups is 1. The Balaban J connectivity index is 3.67. The first kappa shape index (κ1) is 12.7. The van der Waals surface area contributed by atoms with Gasteiger partial charge in [0.15, 0.2) is 0 Å². The summed E-state index contributed by atoms with van der Waals surface area (Å²) in [4.78, 5) is 11.0. The van der Waals surface area contributed by atoms with E-state index < -0.39 is 0 Å². The van der Waals surface area contributed by atoms with E-state index in [9.17, 15) is 4.79 Å². The van der Waals surface area contributed by atoms with Gasteiger partial charge in [-0.05, 0) is 11.8 Å². The van der Waals surface area contributed by atoms with Crippen LogP contribution in [0, 0.1) is 5.41 Å². The van der Waals surface area contributed by atoms with E-state index >= 15 is 0 Å². The van der Waals surface area contributed by atoms with E-state index in [0.717, 1.165) is 0 Å². The number of rotatable bonds is 6. The lowest BCUT2D eigenvalue weighted by atomic mass is 9.90. The monoisotopic (exact) mass is 207 g/mol. The van der Waals surface area contributed by atoms with Crippen molar-refractivity contribution in [3.8, 4) is 0 Å². The molecule has 0 rings (SSSR count). The molecule has 0 bridgehead atoms. The van der Waals surface area contributed by atoms with Crippen molar-refractivity contribution in [2.45, 2.75) is 26.7 Å². The summed E-state index contributed by atoms with van der Waals surface area (Å²) in [6.07, 6.45) is 1.05. The fraction of sp³-hybridized carbons (Fsp3) is 0.889. The molecular weight excluding hydrogens is 190 g/mol. The first-order chi connectivity index (χ1) is 6.02. The SMILES string of the molecule is CC(C)(CCO)CNC(=O)CCCl. The molecule has 0 atom stereocenters. The number of aliphatic hydroxyl groups is 1. The summed E-state index contributed by atoms with van der Waals surface area (Å²) < 4.78 is 0. The van der Waals surface area contributed by atoms with Crippen LogP contribution in [0.2, 0.25) is 0 Å². The molecule has 0 aromatic heterocycles. The normalized spacial score (nSPS) is 11.4. The molecule has 0 aromatic rings. The third kappa shape index (κ3) is 6.84. The molecule has 0 aliphatic carbocycles. The van der Waals surface area contributed by atoms with E-state index in [-0.39, 0.29) is 17.9 Å². The van der Waals surface area contributed by atoms with Crippen LogP contribution in [0.3, 0.4) is 0 Å². The molecule has 4 heteroatoms. The maximum atomic E-state index is 11.0. The average Bonchev–Trinajstić information content (AvgIpc) is 2.02. The molecule has 3 nitrogen and oxygen atoms in total.